The Balaban J connectivity index is 1.28. The van der Waals surface area contributed by atoms with Crippen LogP contribution in [0.2, 0.25) is 0 Å². The number of carbonyl (C=O) groups is 1. The van der Waals surface area contributed by atoms with Crippen LogP contribution in [0.1, 0.15) is 44.1 Å². The van der Waals surface area contributed by atoms with Crippen LogP contribution in [0, 0.1) is 17.8 Å². The lowest BCUT2D eigenvalue weighted by Gasteiger charge is -2.57. The van der Waals surface area contributed by atoms with Crippen molar-refractivity contribution >= 4 is 5.91 Å². The maximum Gasteiger partial charge on any atom is 0.234 e. The first-order valence-electron chi connectivity index (χ1n) is 9.82. The largest absolute Gasteiger partial charge is 0.493 e. The molecule has 0 heterocycles. The van der Waals surface area contributed by atoms with Gasteiger partial charge >= 0.3 is 0 Å². The van der Waals surface area contributed by atoms with Crippen molar-refractivity contribution in [3.8, 4) is 11.5 Å². The van der Waals surface area contributed by atoms with E-state index >= 15 is 0 Å². The van der Waals surface area contributed by atoms with Gasteiger partial charge in [-0.05, 0) is 74.0 Å². The summed E-state index contributed by atoms with van der Waals surface area (Å²) < 4.78 is 10.6. The van der Waals surface area contributed by atoms with Crippen molar-refractivity contribution in [1.29, 1.82) is 0 Å². The van der Waals surface area contributed by atoms with Crippen molar-refractivity contribution in [2.45, 2.75) is 50.6 Å². The summed E-state index contributed by atoms with van der Waals surface area (Å²) in [4.78, 5) is 12.4. The van der Waals surface area contributed by atoms with Gasteiger partial charge in [0.1, 0.15) is 0 Å². The van der Waals surface area contributed by atoms with Gasteiger partial charge in [0.25, 0.3) is 0 Å². The summed E-state index contributed by atoms with van der Waals surface area (Å²) in [6.07, 6.45) is 8.07. The molecular formula is C21H30N2O3. The molecule has 1 amide bonds. The summed E-state index contributed by atoms with van der Waals surface area (Å²) in [5.41, 5.74) is 1.24. The van der Waals surface area contributed by atoms with Gasteiger partial charge in [-0.3, -0.25) is 4.79 Å². The van der Waals surface area contributed by atoms with E-state index in [2.05, 4.69) is 10.6 Å². The molecule has 0 aliphatic heterocycles. The standard InChI is InChI=1S/C21H30N2O3/c1-25-18-4-3-14(8-19(18)26-2)12-22-20(24)13-23-21-9-15-5-16(10-21)7-17(6-15)11-21/h3-4,8,15-17,23H,5-7,9-13H2,1-2H3,(H,22,24). The second kappa shape index (κ2) is 7.10. The molecule has 0 aromatic heterocycles. The molecule has 1 aromatic carbocycles. The minimum atomic E-state index is 0.0653. The normalized spacial score (nSPS) is 31.7. The predicted molar refractivity (Wildman–Crippen MR) is 100 cm³/mol. The molecule has 5 nitrogen and oxygen atoms in total. The zero-order valence-electron chi connectivity index (χ0n) is 15.8. The van der Waals surface area contributed by atoms with Gasteiger partial charge < -0.3 is 20.1 Å². The Morgan fingerprint density at radius 3 is 2.23 bits per heavy atom. The minimum Gasteiger partial charge on any atom is -0.493 e. The van der Waals surface area contributed by atoms with E-state index < -0.39 is 0 Å². The first-order valence-corrected chi connectivity index (χ1v) is 9.82. The Kier molecular flexibility index (Phi) is 4.82. The number of amides is 1. The van der Waals surface area contributed by atoms with E-state index in [4.69, 9.17) is 9.47 Å². The molecule has 142 valence electrons. The molecule has 0 spiro atoms. The number of hydrogen-bond donors (Lipinski definition) is 2. The van der Waals surface area contributed by atoms with Crippen molar-refractivity contribution in [2.75, 3.05) is 20.8 Å². The number of nitrogens with one attached hydrogen (secondary N) is 2. The molecule has 4 bridgehead atoms. The molecule has 4 aliphatic rings. The smallest absolute Gasteiger partial charge is 0.234 e. The Morgan fingerprint density at radius 2 is 1.65 bits per heavy atom. The number of methoxy groups -OCH3 is 2. The summed E-state index contributed by atoms with van der Waals surface area (Å²) in [5.74, 6) is 4.13. The van der Waals surface area contributed by atoms with Crippen molar-refractivity contribution in [1.82, 2.24) is 10.6 Å². The zero-order chi connectivity index (χ0) is 18.1. The van der Waals surface area contributed by atoms with Crippen LogP contribution < -0.4 is 20.1 Å². The summed E-state index contributed by atoms with van der Waals surface area (Å²) in [5, 5.41) is 6.67. The maximum atomic E-state index is 12.4. The lowest BCUT2D eigenvalue weighted by molar-refractivity contribution is -0.121. The van der Waals surface area contributed by atoms with E-state index in [0.717, 1.165) is 23.3 Å². The SMILES string of the molecule is COc1ccc(CNC(=O)CNC23CC4CC(CC(C4)C2)C3)cc1OC. The summed E-state index contributed by atoms with van der Waals surface area (Å²) >= 11 is 0. The van der Waals surface area contributed by atoms with Crippen LogP contribution in [0.3, 0.4) is 0 Å². The molecule has 5 rings (SSSR count). The monoisotopic (exact) mass is 358 g/mol. The quantitative estimate of drug-likeness (QED) is 0.787. The molecule has 4 saturated carbocycles. The van der Waals surface area contributed by atoms with Gasteiger partial charge in [-0.2, -0.15) is 0 Å². The third kappa shape index (κ3) is 3.54. The van der Waals surface area contributed by atoms with Crippen LogP contribution in [-0.2, 0) is 11.3 Å². The molecule has 0 saturated heterocycles. The second-order valence-electron chi connectivity index (χ2n) is 8.52. The molecule has 5 heteroatoms. The van der Waals surface area contributed by atoms with Crippen molar-refractivity contribution < 1.29 is 14.3 Å². The first-order chi connectivity index (χ1) is 12.6. The topological polar surface area (TPSA) is 59.6 Å². The van der Waals surface area contributed by atoms with Gasteiger partial charge in [0.15, 0.2) is 11.5 Å². The fourth-order valence-electron chi connectivity index (χ4n) is 5.85. The minimum absolute atomic E-state index is 0.0653. The van der Waals surface area contributed by atoms with Crippen molar-refractivity contribution in [3.05, 3.63) is 23.8 Å². The van der Waals surface area contributed by atoms with Gasteiger partial charge in [0.2, 0.25) is 5.91 Å². The molecule has 0 radical (unpaired) electrons. The van der Waals surface area contributed by atoms with Crippen LogP contribution in [0.4, 0.5) is 0 Å². The molecule has 2 N–H and O–H groups in total. The molecule has 0 unspecified atom stereocenters. The number of ether oxygens (including phenoxy) is 2. The van der Waals surface area contributed by atoms with E-state index in [-0.39, 0.29) is 11.4 Å². The number of benzene rings is 1. The van der Waals surface area contributed by atoms with Crippen LogP contribution in [0.25, 0.3) is 0 Å². The lowest BCUT2D eigenvalue weighted by Crippen LogP contribution is -2.59. The van der Waals surface area contributed by atoms with Crippen LogP contribution in [0.5, 0.6) is 11.5 Å². The molecule has 4 fully saturated rings. The van der Waals surface area contributed by atoms with Crippen LogP contribution in [0.15, 0.2) is 18.2 Å². The Labute approximate surface area is 155 Å². The average molecular weight is 358 g/mol. The van der Waals surface area contributed by atoms with Crippen molar-refractivity contribution in [2.24, 2.45) is 17.8 Å². The average Bonchev–Trinajstić information content (AvgIpc) is 2.63. The third-order valence-corrected chi connectivity index (χ3v) is 6.60. The summed E-state index contributed by atoms with van der Waals surface area (Å²) in [7, 11) is 3.24. The van der Waals surface area contributed by atoms with Gasteiger partial charge in [-0.25, -0.2) is 0 Å². The van der Waals surface area contributed by atoms with Gasteiger partial charge in [-0.15, -0.1) is 0 Å². The number of hydrogen-bond acceptors (Lipinski definition) is 4. The Bertz CT molecular complexity index is 638. The number of carbonyl (C=O) groups excluding carboxylic acids is 1. The van der Waals surface area contributed by atoms with E-state index in [1.165, 1.54) is 38.5 Å². The van der Waals surface area contributed by atoms with E-state index in [9.17, 15) is 4.79 Å². The molecule has 1 aromatic rings. The highest BCUT2D eigenvalue weighted by molar-refractivity contribution is 5.78. The molecule has 4 aliphatic carbocycles. The molecular weight excluding hydrogens is 328 g/mol. The van der Waals surface area contributed by atoms with E-state index in [1.54, 1.807) is 14.2 Å². The van der Waals surface area contributed by atoms with Crippen LogP contribution in [-0.4, -0.2) is 32.2 Å². The van der Waals surface area contributed by atoms with E-state index in [1.807, 2.05) is 18.2 Å². The van der Waals surface area contributed by atoms with Crippen molar-refractivity contribution in [3.63, 3.8) is 0 Å². The number of rotatable bonds is 7. The second-order valence-corrected chi connectivity index (χ2v) is 8.52. The van der Waals surface area contributed by atoms with Gasteiger partial charge in [-0.1, -0.05) is 6.07 Å². The van der Waals surface area contributed by atoms with E-state index in [0.29, 0.717) is 24.6 Å². The predicted octanol–water partition coefficient (Wildman–Crippen LogP) is 2.88. The highest BCUT2D eigenvalue weighted by atomic mass is 16.5. The molecule has 0 atom stereocenters. The maximum absolute atomic E-state index is 12.4. The van der Waals surface area contributed by atoms with Gasteiger partial charge in [0.05, 0.1) is 20.8 Å². The Morgan fingerprint density at radius 1 is 1.04 bits per heavy atom. The fraction of sp³-hybridized carbons (Fsp3) is 0.667. The summed E-state index contributed by atoms with van der Waals surface area (Å²) in [6, 6.07) is 5.73. The van der Waals surface area contributed by atoms with Gasteiger partial charge in [0, 0.05) is 12.1 Å². The van der Waals surface area contributed by atoms with Crippen LogP contribution >= 0.6 is 0 Å². The highest BCUT2D eigenvalue weighted by Crippen LogP contribution is 2.55. The molecule has 26 heavy (non-hydrogen) atoms. The zero-order valence-corrected chi connectivity index (χ0v) is 15.8. The summed E-state index contributed by atoms with van der Waals surface area (Å²) in [6.45, 7) is 0.918. The Hall–Kier alpha value is -1.75. The first kappa shape index (κ1) is 17.7. The highest BCUT2D eigenvalue weighted by Gasteiger charge is 2.50. The third-order valence-electron chi connectivity index (χ3n) is 6.60. The fourth-order valence-corrected chi connectivity index (χ4v) is 5.85. The lowest BCUT2D eigenvalue weighted by atomic mass is 9.53.